The molecule has 2 rings (SSSR count). The van der Waals surface area contributed by atoms with Gasteiger partial charge in [0.1, 0.15) is 0 Å². The van der Waals surface area contributed by atoms with E-state index < -0.39 is 0 Å². The van der Waals surface area contributed by atoms with Crippen LogP contribution in [0.25, 0.3) is 0 Å². The maximum Gasteiger partial charge on any atom is 0.220 e. The number of nitrogens with two attached hydrogens (primary N) is 1. The van der Waals surface area contributed by atoms with Crippen LogP contribution in [-0.4, -0.2) is 44.1 Å². The van der Waals surface area contributed by atoms with Crippen molar-refractivity contribution in [3.05, 3.63) is 5.82 Å². The Morgan fingerprint density at radius 1 is 1.30 bits per heavy atom. The Bertz CT molecular complexity index is 493. The first kappa shape index (κ1) is 17.8. The maximum atomic E-state index is 11.4. The first-order valence-corrected chi connectivity index (χ1v) is 8.82. The van der Waals surface area contributed by atoms with Gasteiger partial charge in [-0.3, -0.25) is 9.69 Å². The molecular weight excluding hydrogens is 292 g/mol. The predicted molar refractivity (Wildman–Crippen MR) is 88.4 cm³/mol. The van der Waals surface area contributed by atoms with Crippen molar-refractivity contribution in [1.82, 2.24) is 25.1 Å². The minimum absolute atomic E-state index is 0.0189. The fraction of sp³-hybridized carbons (Fsp3) is 0.875. The van der Waals surface area contributed by atoms with E-state index in [-0.39, 0.29) is 17.9 Å². The van der Waals surface area contributed by atoms with Crippen molar-refractivity contribution in [3.63, 3.8) is 0 Å². The van der Waals surface area contributed by atoms with E-state index in [0.29, 0.717) is 5.92 Å². The molecule has 2 N–H and O–H groups in total. The molecule has 0 saturated carbocycles. The summed E-state index contributed by atoms with van der Waals surface area (Å²) in [6, 6.07) is 0.232. The van der Waals surface area contributed by atoms with Crippen molar-refractivity contribution in [3.8, 4) is 0 Å². The summed E-state index contributed by atoms with van der Waals surface area (Å²) in [5.41, 5.74) is 5.44. The van der Waals surface area contributed by atoms with Crippen molar-refractivity contribution in [2.45, 2.75) is 65.5 Å². The Hall–Kier alpha value is -1.50. The van der Waals surface area contributed by atoms with Gasteiger partial charge >= 0.3 is 0 Å². The Balaban J connectivity index is 2.07. The SMILES string of the molecule is CCC[C@@H](c1nnnn1CCC(C)C)N1CCC(C(N)=O)CC1. The van der Waals surface area contributed by atoms with Crippen LogP contribution in [0.1, 0.15) is 64.7 Å². The molecular formula is C16H30N6O. The van der Waals surface area contributed by atoms with Gasteiger partial charge in [0.2, 0.25) is 5.91 Å². The van der Waals surface area contributed by atoms with E-state index in [1.807, 2.05) is 4.68 Å². The number of hydrogen-bond donors (Lipinski definition) is 1. The molecule has 0 spiro atoms. The minimum Gasteiger partial charge on any atom is -0.369 e. The highest BCUT2D eigenvalue weighted by molar-refractivity contribution is 5.76. The number of primary amides is 1. The summed E-state index contributed by atoms with van der Waals surface area (Å²) >= 11 is 0. The third-order valence-electron chi connectivity index (χ3n) is 4.71. The van der Waals surface area contributed by atoms with Gasteiger partial charge in [-0.2, -0.15) is 0 Å². The zero-order valence-corrected chi connectivity index (χ0v) is 14.6. The van der Waals surface area contributed by atoms with Gasteiger partial charge in [0.15, 0.2) is 5.82 Å². The van der Waals surface area contributed by atoms with Gasteiger partial charge in [-0.15, -0.1) is 5.10 Å². The molecule has 1 fully saturated rings. The third kappa shape index (κ3) is 4.73. The highest BCUT2D eigenvalue weighted by Gasteiger charge is 2.30. The van der Waals surface area contributed by atoms with Gasteiger partial charge in [0.25, 0.3) is 0 Å². The van der Waals surface area contributed by atoms with Crippen LogP contribution in [0.5, 0.6) is 0 Å². The Kier molecular flexibility index (Phi) is 6.50. The largest absolute Gasteiger partial charge is 0.369 e. The molecule has 23 heavy (non-hydrogen) atoms. The summed E-state index contributed by atoms with van der Waals surface area (Å²) in [6.45, 7) is 9.23. The van der Waals surface area contributed by atoms with E-state index in [2.05, 4.69) is 41.2 Å². The number of aryl methyl sites for hydroxylation is 1. The highest BCUT2D eigenvalue weighted by atomic mass is 16.1. The number of aromatic nitrogens is 4. The second-order valence-corrected chi connectivity index (χ2v) is 6.96. The number of piperidine rings is 1. The van der Waals surface area contributed by atoms with Gasteiger partial charge in [-0.05, 0) is 55.1 Å². The van der Waals surface area contributed by atoms with Crippen LogP contribution in [0, 0.1) is 11.8 Å². The Labute approximate surface area is 138 Å². The monoisotopic (exact) mass is 322 g/mol. The average Bonchev–Trinajstić information content (AvgIpc) is 2.99. The topological polar surface area (TPSA) is 89.9 Å². The smallest absolute Gasteiger partial charge is 0.220 e. The lowest BCUT2D eigenvalue weighted by atomic mass is 9.94. The fourth-order valence-electron chi connectivity index (χ4n) is 3.23. The highest BCUT2D eigenvalue weighted by Crippen LogP contribution is 2.29. The standard InChI is InChI=1S/C16H30N6O/c1-4-5-14(21-9-7-13(8-10-21)15(17)23)16-18-19-20-22(16)11-6-12(2)3/h12-14H,4-11H2,1-3H3,(H2,17,23)/t14-/m0/s1. The number of rotatable bonds is 8. The molecule has 0 unspecified atom stereocenters. The van der Waals surface area contributed by atoms with Crippen LogP contribution in [0.4, 0.5) is 0 Å². The van der Waals surface area contributed by atoms with Crippen LogP contribution in [-0.2, 0) is 11.3 Å². The number of nitrogens with zero attached hydrogens (tertiary/aromatic N) is 5. The number of carbonyl (C=O) groups is 1. The van der Waals surface area contributed by atoms with E-state index in [9.17, 15) is 4.79 Å². The van der Waals surface area contributed by atoms with Crippen molar-refractivity contribution in [2.75, 3.05) is 13.1 Å². The minimum atomic E-state index is -0.168. The van der Waals surface area contributed by atoms with E-state index in [0.717, 1.165) is 57.6 Å². The summed E-state index contributed by atoms with van der Waals surface area (Å²) in [5.74, 6) is 1.44. The van der Waals surface area contributed by atoms with Gasteiger partial charge in [-0.25, -0.2) is 4.68 Å². The zero-order valence-electron chi connectivity index (χ0n) is 14.6. The molecule has 0 bridgehead atoms. The van der Waals surface area contributed by atoms with Crippen LogP contribution in [0.2, 0.25) is 0 Å². The van der Waals surface area contributed by atoms with E-state index in [4.69, 9.17) is 5.73 Å². The molecule has 1 saturated heterocycles. The van der Waals surface area contributed by atoms with E-state index in [1.54, 1.807) is 0 Å². The summed E-state index contributed by atoms with van der Waals surface area (Å²) in [7, 11) is 0. The molecule has 7 heteroatoms. The molecule has 0 radical (unpaired) electrons. The van der Waals surface area contributed by atoms with Crippen LogP contribution in [0.15, 0.2) is 0 Å². The molecule has 1 aromatic rings. The lowest BCUT2D eigenvalue weighted by molar-refractivity contribution is -0.123. The van der Waals surface area contributed by atoms with Crippen LogP contribution >= 0.6 is 0 Å². The average molecular weight is 322 g/mol. The zero-order chi connectivity index (χ0) is 16.8. The van der Waals surface area contributed by atoms with Crippen molar-refractivity contribution in [1.29, 1.82) is 0 Å². The molecule has 0 aliphatic carbocycles. The number of likely N-dealkylation sites (tertiary alicyclic amines) is 1. The second kappa shape index (κ2) is 8.38. The van der Waals surface area contributed by atoms with E-state index in [1.165, 1.54) is 0 Å². The number of tetrazole rings is 1. The second-order valence-electron chi connectivity index (χ2n) is 6.96. The first-order chi connectivity index (χ1) is 11.0. The van der Waals surface area contributed by atoms with Gasteiger partial charge in [0.05, 0.1) is 6.04 Å². The first-order valence-electron chi connectivity index (χ1n) is 8.82. The van der Waals surface area contributed by atoms with Gasteiger partial charge < -0.3 is 5.73 Å². The van der Waals surface area contributed by atoms with Crippen molar-refractivity contribution in [2.24, 2.45) is 17.6 Å². The summed E-state index contributed by atoms with van der Waals surface area (Å²) in [6.07, 6.45) is 4.85. The van der Waals surface area contributed by atoms with Gasteiger partial charge in [-0.1, -0.05) is 27.2 Å². The lowest BCUT2D eigenvalue weighted by Crippen LogP contribution is -2.41. The number of amides is 1. The summed E-state index contributed by atoms with van der Waals surface area (Å²) < 4.78 is 1.96. The molecule has 1 amide bonds. The number of carbonyl (C=O) groups excluding carboxylic acids is 1. The Morgan fingerprint density at radius 2 is 2.00 bits per heavy atom. The molecule has 130 valence electrons. The molecule has 7 nitrogen and oxygen atoms in total. The molecule has 0 aromatic carbocycles. The summed E-state index contributed by atoms with van der Waals surface area (Å²) in [4.78, 5) is 13.8. The molecule has 1 aliphatic heterocycles. The predicted octanol–water partition coefficient (Wildman–Crippen LogP) is 1.76. The van der Waals surface area contributed by atoms with Gasteiger partial charge in [0, 0.05) is 12.5 Å². The van der Waals surface area contributed by atoms with Crippen LogP contribution in [0.3, 0.4) is 0 Å². The van der Waals surface area contributed by atoms with E-state index >= 15 is 0 Å². The lowest BCUT2D eigenvalue weighted by Gasteiger charge is -2.36. The quantitative estimate of drug-likeness (QED) is 0.787. The fourth-order valence-corrected chi connectivity index (χ4v) is 3.23. The normalized spacial score (nSPS) is 18.4. The van der Waals surface area contributed by atoms with Crippen molar-refractivity contribution < 1.29 is 4.79 Å². The molecule has 1 atom stereocenters. The maximum absolute atomic E-state index is 11.4. The Morgan fingerprint density at radius 3 is 2.57 bits per heavy atom. The summed E-state index contributed by atoms with van der Waals surface area (Å²) in [5, 5.41) is 12.4. The molecule has 1 aromatic heterocycles. The van der Waals surface area contributed by atoms with Crippen LogP contribution < -0.4 is 5.73 Å². The third-order valence-corrected chi connectivity index (χ3v) is 4.71. The molecule has 1 aliphatic rings. The number of hydrogen-bond acceptors (Lipinski definition) is 5. The molecule has 2 heterocycles. The van der Waals surface area contributed by atoms with Crippen molar-refractivity contribution >= 4 is 5.91 Å².